The van der Waals surface area contributed by atoms with Crippen LogP contribution < -0.4 is 5.32 Å². The second-order valence-electron chi connectivity index (χ2n) is 5.07. The van der Waals surface area contributed by atoms with Crippen LogP contribution in [0.15, 0.2) is 15.2 Å². The Kier molecular flexibility index (Phi) is 3.31. The van der Waals surface area contributed by atoms with Crippen molar-refractivity contribution in [2.45, 2.75) is 39.8 Å². The molecule has 0 aliphatic carbocycles. The maximum absolute atomic E-state index is 5.63. The maximum atomic E-state index is 5.63. The van der Waals surface area contributed by atoms with E-state index < -0.39 is 0 Å². The Labute approximate surface area is 105 Å². The molecular formula is C12H17N3OS. The van der Waals surface area contributed by atoms with Crippen molar-refractivity contribution in [2.24, 2.45) is 0 Å². The highest BCUT2D eigenvalue weighted by Crippen LogP contribution is 2.25. The summed E-state index contributed by atoms with van der Waals surface area (Å²) < 4.78 is 5.63. The summed E-state index contributed by atoms with van der Waals surface area (Å²) in [6.07, 6.45) is 0. The molecule has 4 nitrogen and oxygen atoms in total. The van der Waals surface area contributed by atoms with Gasteiger partial charge in [0.1, 0.15) is 0 Å². The van der Waals surface area contributed by atoms with Gasteiger partial charge in [0.25, 0.3) is 0 Å². The van der Waals surface area contributed by atoms with E-state index in [2.05, 4.69) is 41.7 Å². The summed E-state index contributed by atoms with van der Waals surface area (Å²) in [7, 11) is 0. The maximum Gasteiger partial charge on any atom is 0.248 e. The molecule has 0 aromatic carbocycles. The third-order valence-electron chi connectivity index (χ3n) is 2.32. The van der Waals surface area contributed by atoms with Crippen molar-refractivity contribution in [2.75, 3.05) is 0 Å². The standard InChI is InChI=1S/C12H17N3OS/c1-8-6-17-7-9(8)11-15-14-10(16-11)5-13-12(2,3)4/h6-7,13H,5H2,1-4H3. The van der Waals surface area contributed by atoms with E-state index in [1.807, 2.05) is 12.3 Å². The molecule has 0 saturated carbocycles. The summed E-state index contributed by atoms with van der Waals surface area (Å²) in [6.45, 7) is 8.96. The van der Waals surface area contributed by atoms with Gasteiger partial charge in [0, 0.05) is 10.9 Å². The molecular weight excluding hydrogens is 234 g/mol. The SMILES string of the molecule is Cc1cscc1-c1nnc(CNC(C)(C)C)o1. The van der Waals surface area contributed by atoms with Gasteiger partial charge in [-0.1, -0.05) is 0 Å². The van der Waals surface area contributed by atoms with Crippen LogP contribution in [0.5, 0.6) is 0 Å². The molecule has 92 valence electrons. The van der Waals surface area contributed by atoms with Gasteiger partial charge < -0.3 is 9.73 Å². The van der Waals surface area contributed by atoms with Gasteiger partial charge in [-0.2, -0.15) is 11.3 Å². The van der Waals surface area contributed by atoms with Crippen molar-refractivity contribution < 1.29 is 4.42 Å². The highest BCUT2D eigenvalue weighted by Gasteiger charge is 2.14. The minimum Gasteiger partial charge on any atom is -0.419 e. The quantitative estimate of drug-likeness (QED) is 0.911. The fraction of sp³-hybridized carbons (Fsp3) is 0.500. The molecule has 0 radical (unpaired) electrons. The lowest BCUT2D eigenvalue weighted by molar-refractivity contribution is 0.383. The summed E-state index contributed by atoms with van der Waals surface area (Å²) in [6, 6.07) is 0. The van der Waals surface area contributed by atoms with Crippen molar-refractivity contribution >= 4 is 11.3 Å². The van der Waals surface area contributed by atoms with E-state index in [4.69, 9.17) is 4.42 Å². The van der Waals surface area contributed by atoms with Gasteiger partial charge in [-0.3, -0.25) is 0 Å². The Hall–Kier alpha value is -1.20. The summed E-state index contributed by atoms with van der Waals surface area (Å²) in [5, 5.41) is 15.5. The molecule has 2 heterocycles. The smallest absolute Gasteiger partial charge is 0.248 e. The molecule has 0 bridgehead atoms. The molecule has 0 saturated heterocycles. The van der Waals surface area contributed by atoms with Crippen LogP contribution in [0.1, 0.15) is 32.2 Å². The Morgan fingerprint density at radius 2 is 2.06 bits per heavy atom. The first kappa shape index (κ1) is 12.3. The van der Waals surface area contributed by atoms with Gasteiger partial charge in [0.05, 0.1) is 12.1 Å². The monoisotopic (exact) mass is 251 g/mol. The zero-order valence-corrected chi connectivity index (χ0v) is 11.4. The van der Waals surface area contributed by atoms with Crippen LogP contribution in [0.3, 0.4) is 0 Å². The van der Waals surface area contributed by atoms with Crippen molar-refractivity contribution in [3.8, 4) is 11.5 Å². The first-order valence-corrected chi connectivity index (χ1v) is 6.50. The number of aromatic nitrogens is 2. The number of hydrogen-bond acceptors (Lipinski definition) is 5. The highest BCUT2D eigenvalue weighted by molar-refractivity contribution is 7.08. The molecule has 0 amide bonds. The van der Waals surface area contributed by atoms with Crippen LogP contribution in [0, 0.1) is 6.92 Å². The molecule has 0 atom stereocenters. The lowest BCUT2D eigenvalue weighted by Crippen LogP contribution is -2.35. The molecule has 2 rings (SSSR count). The molecule has 17 heavy (non-hydrogen) atoms. The van der Waals surface area contributed by atoms with E-state index in [1.165, 1.54) is 5.56 Å². The average molecular weight is 251 g/mol. The Morgan fingerprint density at radius 1 is 1.29 bits per heavy atom. The summed E-state index contributed by atoms with van der Waals surface area (Å²) >= 11 is 1.64. The van der Waals surface area contributed by atoms with Crippen molar-refractivity contribution in [3.05, 3.63) is 22.2 Å². The van der Waals surface area contributed by atoms with Gasteiger partial charge in [0.2, 0.25) is 11.8 Å². The van der Waals surface area contributed by atoms with E-state index in [9.17, 15) is 0 Å². The lowest BCUT2D eigenvalue weighted by Gasteiger charge is -2.18. The summed E-state index contributed by atoms with van der Waals surface area (Å²) in [5.41, 5.74) is 2.26. The van der Waals surface area contributed by atoms with Crippen LogP contribution in [0.4, 0.5) is 0 Å². The van der Waals surface area contributed by atoms with Crippen LogP contribution in [-0.2, 0) is 6.54 Å². The predicted molar refractivity (Wildman–Crippen MR) is 68.9 cm³/mol. The average Bonchev–Trinajstić information content (AvgIpc) is 2.81. The molecule has 0 aliphatic rings. The molecule has 2 aromatic heterocycles. The first-order chi connectivity index (χ1) is 7.96. The van der Waals surface area contributed by atoms with Crippen molar-refractivity contribution in [1.82, 2.24) is 15.5 Å². The second kappa shape index (κ2) is 4.58. The van der Waals surface area contributed by atoms with Gasteiger partial charge in [-0.15, -0.1) is 10.2 Å². The van der Waals surface area contributed by atoms with E-state index in [0.717, 1.165) is 5.56 Å². The largest absolute Gasteiger partial charge is 0.419 e. The Bertz CT molecular complexity index is 496. The third-order valence-corrected chi connectivity index (χ3v) is 3.18. The fourth-order valence-electron chi connectivity index (χ4n) is 1.35. The van der Waals surface area contributed by atoms with Crippen molar-refractivity contribution in [1.29, 1.82) is 0 Å². The summed E-state index contributed by atoms with van der Waals surface area (Å²) in [4.78, 5) is 0. The van der Waals surface area contributed by atoms with Crippen LogP contribution in [-0.4, -0.2) is 15.7 Å². The molecule has 5 heteroatoms. The van der Waals surface area contributed by atoms with E-state index in [-0.39, 0.29) is 5.54 Å². The molecule has 0 unspecified atom stereocenters. The number of aryl methyl sites for hydroxylation is 1. The molecule has 0 fully saturated rings. The van der Waals surface area contributed by atoms with E-state index in [1.54, 1.807) is 11.3 Å². The number of thiophene rings is 1. The first-order valence-electron chi connectivity index (χ1n) is 5.56. The van der Waals surface area contributed by atoms with Gasteiger partial charge in [-0.05, 0) is 38.6 Å². The van der Waals surface area contributed by atoms with Crippen LogP contribution in [0.25, 0.3) is 11.5 Å². The third kappa shape index (κ3) is 3.14. The van der Waals surface area contributed by atoms with Gasteiger partial charge in [0.15, 0.2) is 0 Å². The zero-order valence-electron chi connectivity index (χ0n) is 10.6. The zero-order chi connectivity index (χ0) is 12.5. The highest BCUT2D eigenvalue weighted by atomic mass is 32.1. The lowest BCUT2D eigenvalue weighted by atomic mass is 10.1. The second-order valence-corrected chi connectivity index (χ2v) is 5.82. The minimum absolute atomic E-state index is 0.0485. The topological polar surface area (TPSA) is 51.0 Å². The number of nitrogens with zero attached hydrogens (tertiary/aromatic N) is 2. The summed E-state index contributed by atoms with van der Waals surface area (Å²) in [5.74, 6) is 1.23. The van der Waals surface area contributed by atoms with Crippen molar-refractivity contribution in [3.63, 3.8) is 0 Å². The predicted octanol–water partition coefficient (Wildman–Crippen LogP) is 2.99. The van der Waals surface area contributed by atoms with Gasteiger partial charge >= 0.3 is 0 Å². The minimum atomic E-state index is 0.0485. The fourth-order valence-corrected chi connectivity index (χ4v) is 2.18. The molecule has 1 N–H and O–H groups in total. The Morgan fingerprint density at radius 3 is 2.65 bits per heavy atom. The Balaban J connectivity index is 2.09. The van der Waals surface area contributed by atoms with E-state index >= 15 is 0 Å². The van der Waals surface area contributed by atoms with E-state index in [0.29, 0.717) is 18.3 Å². The molecule has 2 aromatic rings. The normalized spacial score (nSPS) is 12.0. The van der Waals surface area contributed by atoms with Crippen LogP contribution >= 0.6 is 11.3 Å². The number of rotatable bonds is 3. The number of hydrogen-bond donors (Lipinski definition) is 1. The number of nitrogens with one attached hydrogen (secondary N) is 1. The molecule has 0 spiro atoms. The van der Waals surface area contributed by atoms with Gasteiger partial charge in [-0.25, -0.2) is 0 Å². The molecule has 0 aliphatic heterocycles. The van der Waals surface area contributed by atoms with Crippen LogP contribution in [0.2, 0.25) is 0 Å².